The fourth-order valence-electron chi connectivity index (χ4n) is 3.47. The average molecular weight is 462 g/mol. The second-order valence-corrected chi connectivity index (χ2v) is 8.50. The molecular formula is C21H17F3N4O3S. The zero-order valence-corrected chi connectivity index (χ0v) is 17.5. The molecule has 4 rings (SSSR count). The molecule has 0 saturated heterocycles. The van der Waals surface area contributed by atoms with E-state index in [9.17, 15) is 27.6 Å². The van der Waals surface area contributed by atoms with E-state index in [4.69, 9.17) is 0 Å². The predicted molar refractivity (Wildman–Crippen MR) is 114 cm³/mol. The molecule has 1 aliphatic rings. The topological polar surface area (TPSA) is 84.3 Å². The first-order chi connectivity index (χ1) is 15.1. The number of para-hydroxylation sites is 2. The zero-order valence-electron chi connectivity index (χ0n) is 16.7. The molecule has 1 aromatic carbocycles. The molecule has 1 unspecified atom stereocenters. The van der Waals surface area contributed by atoms with Crippen molar-refractivity contribution in [2.24, 2.45) is 0 Å². The summed E-state index contributed by atoms with van der Waals surface area (Å²) in [6, 6.07) is 9.74. The summed E-state index contributed by atoms with van der Waals surface area (Å²) in [5.74, 6) is -1.87. The van der Waals surface area contributed by atoms with Gasteiger partial charge in [0.25, 0.3) is 5.56 Å². The highest BCUT2D eigenvalue weighted by atomic mass is 32.1. The molecule has 0 bridgehead atoms. The Morgan fingerprint density at radius 1 is 1.16 bits per heavy atom. The number of aromatic nitrogens is 2. The van der Waals surface area contributed by atoms with Crippen LogP contribution in [0.3, 0.4) is 0 Å². The van der Waals surface area contributed by atoms with Gasteiger partial charge in [0.15, 0.2) is 0 Å². The fourth-order valence-corrected chi connectivity index (χ4v) is 4.30. The van der Waals surface area contributed by atoms with Crippen molar-refractivity contribution in [3.8, 4) is 10.6 Å². The van der Waals surface area contributed by atoms with Gasteiger partial charge in [0, 0.05) is 10.9 Å². The molecule has 0 spiro atoms. The number of alkyl halides is 3. The second-order valence-electron chi connectivity index (χ2n) is 7.22. The minimum atomic E-state index is -4.86. The van der Waals surface area contributed by atoms with E-state index in [1.165, 1.54) is 47.7 Å². The van der Waals surface area contributed by atoms with Crippen LogP contribution in [0.4, 0.5) is 24.5 Å². The number of hydrogen-bond acceptors (Lipinski definition) is 5. The number of anilines is 2. The third kappa shape index (κ3) is 4.28. The fraction of sp³-hybridized carbons (Fsp3) is 0.238. The van der Waals surface area contributed by atoms with Crippen LogP contribution in [0.1, 0.15) is 11.3 Å². The van der Waals surface area contributed by atoms with Gasteiger partial charge in [-0.15, -0.1) is 11.3 Å². The first-order valence-corrected chi connectivity index (χ1v) is 10.4. The van der Waals surface area contributed by atoms with E-state index in [1.807, 2.05) is 13.0 Å². The van der Waals surface area contributed by atoms with Gasteiger partial charge in [0.1, 0.15) is 18.3 Å². The molecule has 32 heavy (non-hydrogen) atoms. The molecule has 2 amide bonds. The van der Waals surface area contributed by atoms with Crippen molar-refractivity contribution in [1.29, 1.82) is 0 Å². The van der Waals surface area contributed by atoms with Crippen LogP contribution in [0.2, 0.25) is 0 Å². The summed E-state index contributed by atoms with van der Waals surface area (Å²) in [6.07, 6.45) is -5.82. The van der Waals surface area contributed by atoms with Gasteiger partial charge in [-0.2, -0.15) is 18.3 Å². The first kappa shape index (κ1) is 21.8. The van der Waals surface area contributed by atoms with Crippen molar-refractivity contribution in [3.63, 3.8) is 0 Å². The van der Waals surface area contributed by atoms with Crippen LogP contribution in [-0.2, 0) is 16.1 Å². The Balaban J connectivity index is 1.74. The smallest absolute Gasteiger partial charge is 0.324 e. The number of benzene rings is 1. The van der Waals surface area contributed by atoms with Crippen LogP contribution >= 0.6 is 11.3 Å². The molecule has 0 radical (unpaired) electrons. The van der Waals surface area contributed by atoms with Gasteiger partial charge in [-0.05, 0) is 37.3 Å². The highest BCUT2D eigenvalue weighted by Crippen LogP contribution is 2.37. The lowest BCUT2D eigenvalue weighted by Gasteiger charge is -2.31. The summed E-state index contributed by atoms with van der Waals surface area (Å²) < 4.78 is 42.4. The molecule has 0 fully saturated rings. The van der Waals surface area contributed by atoms with Crippen LogP contribution < -0.4 is 15.8 Å². The number of nitrogens with one attached hydrogen (secondary N) is 1. The van der Waals surface area contributed by atoms with E-state index in [2.05, 4.69) is 10.4 Å². The van der Waals surface area contributed by atoms with Crippen LogP contribution in [0.25, 0.3) is 10.6 Å². The maximum atomic E-state index is 13.8. The van der Waals surface area contributed by atoms with Gasteiger partial charge in [-0.1, -0.05) is 12.1 Å². The molecule has 1 N–H and O–H groups in total. The van der Waals surface area contributed by atoms with Crippen LogP contribution in [-0.4, -0.2) is 33.8 Å². The van der Waals surface area contributed by atoms with Gasteiger partial charge in [0.05, 0.1) is 22.7 Å². The Labute approximate surface area is 184 Å². The highest BCUT2D eigenvalue weighted by Gasteiger charge is 2.49. The number of carbonyl (C=O) groups is 2. The number of carbonyl (C=O) groups excluding carboxylic acids is 2. The van der Waals surface area contributed by atoms with Crippen LogP contribution in [0.5, 0.6) is 0 Å². The van der Waals surface area contributed by atoms with E-state index in [1.54, 1.807) is 6.07 Å². The number of thiophene rings is 1. The van der Waals surface area contributed by atoms with E-state index >= 15 is 0 Å². The molecule has 3 heterocycles. The van der Waals surface area contributed by atoms with Gasteiger partial charge in [-0.3, -0.25) is 19.3 Å². The number of rotatable bonds is 3. The molecule has 0 aliphatic carbocycles. The SMILES string of the molecule is Cc1ccc(-c2ccc(=O)n(CC(=O)N3c4ccccc4NC(=O)CC3C(F)(F)F)n2)s1. The Morgan fingerprint density at radius 3 is 2.59 bits per heavy atom. The second kappa shape index (κ2) is 8.23. The zero-order chi connectivity index (χ0) is 23.0. The molecule has 1 atom stereocenters. The van der Waals surface area contributed by atoms with E-state index in [0.717, 1.165) is 14.4 Å². The van der Waals surface area contributed by atoms with Crippen LogP contribution in [0.15, 0.2) is 53.3 Å². The largest absolute Gasteiger partial charge is 0.409 e. The van der Waals surface area contributed by atoms with Gasteiger partial charge < -0.3 is 5.32 Å². The lowest BCUT2D eigenvalue weighted by Crippen LogP contribution is -2.51. The predicted octanol–water partition coefficient (Wildman–Crippen LogP) is 3.59. The Bertz CT molecular complexity index is 1250. The number of aryl methyl sites for hydroxylation is 1. The maximum Gasteiger partial charge on any atom is 0.409 e. The van der Waals surface area contributed by atoms with Crippen molar-refractivity contribution in [1.82, 2.24) is 9.78 Å². The minimum Gasteiger partial charge on any atom is -0.324 e. The third-order valence-electron chi connectivity index (χ3n) is 4.92. The van der Waals surface area contributed by atoms with Gasteiger partial charge in [0.2, 0.25) is 11.8 Å². The highest BCUT2D eigenvalue weighted by molar-refractivity contribution is 7.15. The normalized spacial score (nSPS) is 16.3. The summed E-state index contributed by atoms with van der Waals surface area (Å²) >= 11 is 1.43. The summed E-state index contributed by atoms with van der Waals surface area (Å²) in [7, 11) is 0. The monoisotopic (exact) mass is 462 g/mol. The number of amides is 2. The Kier molecular flexibility index (Phi) is 5.59. The Morgan fingerprint density at radius 2 is 1.91 bits per heavy atom. The molecule has 2 aromatic heterocycles. The van der Waals surface area contributed by atoms with Gasteiger partial charge in [-0.25, -0.2) is 4.68 Å². The van der Waals surface area contributed by atoms with E-state index in [-0.39, 0.29) is 11.4 Å². The number of fused-ring (bicyclic) bond motifs is 1. The van der Waals surface area contributed by atoms with Gasteiger partial charge >= 0.3 is 6.18 Å². The first-order valence-electron chi connectivity index (χ1n) is 9.56. The lowest BCUT2D eigenvalue weighted by atomic mass is 10.1. The quantitative estimate of drug-likeness (QED) is 0.645. The molecule has 0 saturated carbocycles. The van der Waals surface area contributed by atoms with E-state index in [0.29, 0.717) is 10.6 Å². The van der Waals surface area contributed by atoms with Crippen molar-refractivity contribution in [2.45, 2.75) is 32.1 Å². The molecular weight excluding hydrogens is 445 g/mol. The minimum absolute atomic E-state index is 0.0840. The molecule has 1 aliphatic heterocycles. The Hall–Kier alpha value is -3.47. The average Bonchev–Trinajstić information content (AvgIpc) is 3.08. The lowest BCUT2D eigenvalue weighted by molar-refractivity contribution is -0.158. The standard InChI is InChI=1S/C21H17F3N4O3S/c1-12-6-8-16(32-12)14-7-9-19(30)27(26-14)11-20(31)28-15-5-3-2-4-13(15)25-18(29)10-17(28)21(22,23)24/h2-9,17H,10-11H2,1H3,(H,25,29). The molecule has 11 heteroatoms. The number of nitrogens with zero attached hydrogens (tertiary/aromatic N) is 3. The summed E-state index contributed by atoms with van der Waals surface area (Å²) in [5, 5.41) is 6.58. The number of halogens is 3. The third-order valence-corrected chi connectivity index (χ3v) is 5.94. The summed E-state index contributed by atoms with van der Waals surface area (Å²) in [6.45, 7) is 1.18. The maximum absolute atomic E-state index is 13.8. The van der Waals surface area contributed by atoms with Crippen molar-refractivity contribution < 1.29 is 22.8 Å². The van der Waals surface area contributed by atoms with Crippen molar-refractivity contribution >= 4 is 34.5 Å². The molecule has 166 valence electrons. The van der Waals surface area contributed by atoms with E-state index < -0.39 is 42.6 Å². The summed E-state index contributed by atoms with van der Waals surface area (Å²) in [5.41, 5.74) is -0.211. The molecule has 7 nitrogen and oxygen atoms in total. The number of hydrogen-bond donors (Lipinski definition) is 1. The summed E-state index contributed by atoms with van der Waals surface area (Å²) in [4.78, 5) is 39.8. The van der Waals surface area contributed by atoms with Crippen molar-refractivity contribution in [3.05, 3.63) is 63.8 Å². The van der Waals surface area contributed by atoms with Crippen LogP contribution in [0, 0.1) is 6.92 Å². The molecule has 3 aromatic rings. The van der Waals surface area contributed by atoms with Crippen molar-refractivity contribution in [2.75, 3.05) is 10.2 Å².